The van der Waals surface area contributed by atoms with E-state index in [1.807, 2.05) is 36.1 Å². The number of amides is 1. The molecular formula is C19H26N2O2. The highest BCUT2D eigenvalue weighted by Crippen LogP contribution is 2.28. The third-order valence-electron chi connectivity index (χ3n) is 4.91. The van der Waals surface area contributed by atoms with Crippen molar-refractivity contribution in [2.45, 2.75) is 39.2 Å². The molecule has 0 radical (unpaired) electrons. The molecule has 0 bridgehead atoms. The Balaban J connectivity index is 1.67. The Morgan fingerprint density at radius 1 is 1.43 bits per heavy atom. The zero-order valence-corrected chi connectivity index (χ0v) is 14.0. The number of carbonyl (C=O) groups excluding carboxylic acids is 1. The van der Waals surface area contributed by atoms with Gasteiger partial charge in [-0.2, -0.15) is 0 Å². The first-order valence-corrected chi connectivity index (χ1v) is 8.67. The van der Waals surface area contributed by atoms with E-state index in [-0.39, 0.29) is 11.9 Å². The van der Waals surface area contributed by atoms with Gasteiger partial charge in [-0.15, -0.1) is 0 Å². The van der Waals surface area contributed by atoms with E-state index in [0.29, 0.717) is 18.9 Å². The number of para-hydroxylation sites is 1. The average molecular weight is 314 g/mol. The topological polar surface area (TPSA) is 45.5 Å². The number of furan rings is 1. The van der Waals surface area contributed by atoms with Crippen LogP contribution in [0.25, 0.3) is 11.0 Å². The molecule has 1 saturated heterocycles. The molecule has 1 aliphatic heterocycles. The first-order valence-electron chi connectivity index (χ1n) is 8.67. The Labute approximate surface area is 137 Å². The highest BCUT2D eigenvalue weighted by molar-refractivity contribution is 5.79. The molecule has 2 atom stereocenters. The van der Waals surface area contributed by atoms with E-state index in [0.717, 1.165) is 36.2 Å². The number of hydrogen-bond donors (Lipinski definition) is 1. The maximum atomic E-state index is 12.6. The molecule has 1 amide bonds. The van der Waals surface area contributed by atoms with Crippen molar-refractivity contribution >= 4 is 16.9 Å². The first kappa shape index (κ1) is 16.1. The van der Waals surface area contributed by atoms with Gasteiger partial charge in [-0.1, -0.05) is 18.2 Å². The van der Waals surface area contributed by atoms with Crippen molar-refractivity contribution in [2.24, 2.45) is 5.92 Å². The van der Waals surface area contributed by atoms with Crippen LogP contribution in [0.3, 0.4) is 0 Å². The summed E-state index contributed by atoms with van der Waals surface area (Å²) in [5, 5.41) is 4.46. The van der Waals surface area contributed by atoms with E-state index in [2.05, 4.69) is 18.3 Å². The van der Waals surface area contributed by atoms with Crippen LogP contribution in [0, 0.1) is 5.92 Å². The summed E-state index contributed by atoms with van der Waals surface area (Å²) in [6.45, 7) is 6.94. The molecule has 2 aromatic rings. The first-order chi connectivity index (χ1) is 11.2. The number of carbonyl (C=O) groups is 1. The van der Waals surface area contributed by atoms with Crippen molar-refractivity contribution in [3.8, 4) is 0 Å². The smallest absolute Gasteiger partial charge is 0.223 e. The van der Waals surface area contributed by atoms with E-state index in [9.17, 15) is 4.79 Å². The van der Waals surface area contributed by atoms with E-state index in [1.54, 1.807) is 0 Å². The molecule has 0 aliphatic carbocycles. The minimum Gasteiger partial charge on any atom is -0.459 e. The lowest BCUT2D eigenvalue weighted by Gasteiger charge is -2.27. The molecule has 3 rings (SSSR count). The molecule has 1 aromatic heterocycles. The van der Waals surface area contributed by atoms with Crippen LogP contribution < -0.4 is 5.32 Å². The number of nitrogens with zero attached hydrogens (tertiary/aromatic N) is 1. The van der Waals surface area contributed by atoms with Crippen LogP contribution in [0.4, 0.5) is 0 Å². The highest BCUT2D eigenvalue weighted by Gasteiger charge is 2.24. The summed E-state index contributed by atoms with van der Waals surface area (Å²) in [6, 6.07) is 10.0. The Morgan fingerprint density at radius 3 is 2.96 bits per heavy atom. The Morgan fingerprint density at radius 2 is 2.26 bits per heavy atom. The molecule has 1 aromatic carbocycles. The minimum atomic E-state index is -0.0263. The van der Waals surface area contributed by atoms with Crippen molar-refractivity contribution in [3.63, 3.8) is 0 Å². The number of fused-ring (bicyclic) bond motifs is 1. The van der Waals surface area contributed by atoms with Gasteiger partial charge in [0.25, 0.3) is 0 Å². The molecule has 1 aliphatic rings. The van der Waals surface area contributed by atoms with Gasteiger partial charge >= 0.3 is 0 Å². The lowest BCUT2D eigenvalue weighted by atomic mass is 10.0. The van der Waals surface area contributed by atoms with Crippen LogP contribution in [0.15, 0.2) is 34.7 Å². The summed E-state index contributed by atoms with van der Waals surface area (Å²) in [6.07, 6.45) is 2.80. The largest absolute Gasteiger partial charge is 0.459 e. The quantitative estimate of drug-likeness (QED) is 0.883. The van der Waals surface area contributed by atoms with E-state index < -0.39 is 0 Å². The number of hydrogen-bond acceptors (Lipinski definition) is 3. The fourth-order valence-corrected chi connectivity index (χ4v) is 3.46. The molecule has 4 heteroatoms. The molecule has 23 heavy (non-hydrogen) atoms. The van der Waals surface area contributed by atoms with Gasteiger partial charge in [0, 0.05) is 18.4 Å². The van der Waals surface area contributed by atoms with E-state index >= 15 is 0 Å². The number of nitrogens with one attached hydrogen (secondary N) is 1. The second-order valence-corrected chi connectivity index (χ2v) is 6.44. The normalized spacial score (nSPS) is 19.1. The van der Waals surface area contributed by atoms with Crippen LogP contribution in [-0.2, 0) is 4.79 Å². The standard InChI is InChI=1S/C19H26N2O2/c1-3-21(19(22)9-8-15-10-11-20-13-15)14(2)18-12-16-6-4-5-7-17(16)23-18/h4-7,12,14-15,20H,3,8-11,13H2,1-2H3. The van der Waals surface area contributed by atoms with Crippen molar-refractivity contribution in [2.75, 3.05) is 19.6 Å². The summed E-state index contributed by atoms with van der Waals surface area (Å²) < 4.78 is 5.94. The molecule has 1 fully saturated rings. The maximum absolute atomic E-state index is 12.6. The predicted molar refractivity (Wildman–Crippen MR) is 92.2 cm³/mol. The summed E-state index contributed by atoms with van der Waals surface area (Å²) in [4.78, 5) is 14.6. The summed E-state index contributed by atoms with van der Waals surface area (Å²) in [7, 11) is 0. The SMILES string of the molecule is CCN(C(=O)CCC1CCNC1)C(C)c1cc2ccccc2o1. The van der Waals surface area contributed by atoms with Gasteiger partial charge in [-0.05, 0) is 57.8 Å². The van der Waals surface area contributed by atoms with Crippen molar-refractivity contribution in [3.05, 3.63) is 36.1 Å². The van der Waals surface area contributed by atoms with Gasteiger partial charge in [0.2, 0.25) is 5.91 Å². The van der Waals surface area contributed by atoms with Gasteiger partial charge in [0.15, 0.2) is 0 Å². The molecule has 0 spiro atoms. The average Bonchev–Trinajstić information content (AvgIpc) is 3.22. The predicted octanol–water partition coefficient (Wildman–Crippen LogP) is 3.73. The minimum absolute atomic E-state index is 0.0263. The molecular weight excluding hydrogens is 288 g/mol. The number of benzene rings is 1. The molecule has 2 heterocycles. The van der Waals surface area contributed by atoms with Crippen molar-refractivity contribution < 1.29 is 9.21 Å². The zero-order valence-electron chi connectivity index (χ0n) is 14.0. The summed E-state index contributed by atoms with van der Waals surface area (Å²) >= 11 is 0. The fraction of sp³-hybridized carbons (Fsp3) is 0.526. The lowest BCUT2D eigenvalue weighted by molar-refractivity contribution is -0.133. The second kappa shape index (κ2) is 7.18. The zero-order chi connectivity index (χ0) is 16.2. The summed E-state index contributed by atoms with van der Waals surface area (Å²) in [5.74, 6) is 1.75. The van der Waals surface area contributed by atoms with Gasteiger partial charge in [0.05, 0.1) is 6.04 Å². The maximum Gasteiger partial charge on any atom is 0.223 e. The fourth-order valence-electron chi connectivity index (χ4n) is 3.46. The Hall–Kier alpha value is -1.81. The van der Waals surface area contributed by atoms with Gasteiger partial charge in [0.1, 0.15) is 11.3 Å². The number of rotatable bonds is 6. The van der Waals surface area contributed by atoms with Crippen LogP contribution in [-0.4, -0.2) is 30.4 Å². The van der Waals surface area contributed by atoms with Crippen LogP contribution >= 0.6 is 0 Å². The third kappa shape index (κ3) is 3.58. The Bertz CT molecular complexity index is 625. The third-order valence-corrected chi connectivity index (χ3v) is 4.91. The van der Waals surface area contributed by atoms with Gasteiger partial charge < -0.3 is 14.6 Å². The lowest BCUT2D eigenvalue weighted by Crippen LogP contribution is -2.33. The second-order valence-electron chi connectivity index (χ2n) is 6.44. The van der Waals surface area contributed by atoms with Crippen molar-refractivity contribution in [1.29, 1.82) is 0 Å². The van der Waals surface area contributed by atoms with E-state index in [1.165, 1.54) is 6.42 Å². The van der Waals surface area contributed by atoms with E-state index in [4.69, 9.17) is 4.42 Å². The monoisotopic (exact) mass is 314 g/mol. The molecule has 124 valence electrons. The van der Waals surface area contributed by atoms with Crippen LogP contribution in [0.5, 0.6) is 0 Å². The summed E-state index contributed by atoms with van der Waals surface area (Å²) in [5.41, 5.74) is 0.884. The molecule has 1 N–H and O–H groups in total. The molecule has 4 nitrogen and oxygen atoms in total. The van der Waals surface area contributed by atoms with Crippen LogP contribution in [0.2, 0.25) is 0 Å². The van der Waals surface area contributed by atoms with Gasteiger partial charge in [-0.25, -0.2) is 0 Å². The Kier molecular flexibility index (Phi) is 5.01. The van der Waals surface area contributed by atoms with Gasteiger partial charge in [-0.3, -0.25) is 4.79 Å². The highest BCUT2D eigenvalue weighted by atomic mass is 16.3. The molecule has 2 unspecified atom stereocenters. The van der Waals surface area contributed by atoms with Crippen molar-refractivity contribution in [1.82, 2.24) is 10.2 Å². The van der Waals surface area contributed by atoms with Crippen LogP contribution in [0.1, 0.15) is 44.9 Å². The molecule has 0 saturated carbocycles.